The van der Waals surface area contributed by atoms with Crippen LogP contribution in [0.1, 0.15) is 26.7 Å². The Morgan fingerprint density at radius 3 is 2.56 bits per heavy atom. The van der Waals surface area contributed by atoms with Gasteiger partial charge in [0, 0.05) is 35.2 Å². The summed E-state index contributed by atoms with van der Waals surface area (Å²) in [6, 6.07) is 0. The van der Waals surface area contributed by atoms with Gasteiger partial charge in [0.1, 0.15) is 5.01 Å². The number of nitrogens with one attached hydrogen (secondary N) is 1. The molecular weight excluding hydrogens is 238 g/mol. The van der Waals surface area contributed by atoms with Gasteiger partial charge in [0.15, 0.2) is 0 Å². The number of nitrogens with zero attached hydrogens (tertiary/aromatic N) is 2. The molecule has 2 aromatic rings. The summed E-state index contributed by atoms with van der Waals surface area (Å²) in [4.78, 5) is 11.2. The average molecular weight is 253 g/mol. The Kier molecular flexibility index (Phi) is 4.04. The van der Waals surface area contributed by atoms with Crippen molar-refractivity contribution >= 4 is 22.7 Å². The van der Waals surface area contributed by atoms with Crippen molar-refractivity contribution in [2.24, 2.45) is 0 Å². The molecule has 0 aliphatic rings. The zero-order valence-electron chi connectivity index (χ0n) is 9.49. The van der Waals surface area contributed by atoms with Crippen LogP contribution >= 0.6 is 22.7 Å². The lowest BCUT2D eigenvalue weighted by molar-refractivity contribution is 0.696. The number of hydrogen-bond donors (Lipinski definition) is 1. The standard InChI is InChI=1S/C11H15N3S2/c1-3-9-5-14-11(16-9)7-12-4-10-6-13-8(2)15-10/h5-6,12H,3-4,7H2,1-2H3. The smallest absolute Gasteiger partial charge is 0.107 e. The summed E-state index contributed by atoms with van der Waals surface area (Å²) >= 11 is 3.53. The first-order valence-electron chi connectivity index (χ1n) is 5.33. The highest BCUT2D eigenvalue weighted by Crippen LogP contribution is 2.14. The highest BCUT2D eigenvalue weighted by atomic mass is 32.1. The Balaban J connectivity index is 1.79. The van der Waals surface area contributed by atoms with Crippen LogP contribution in [-0.2, 0) is 19.5 Å². The van der Waals surface area contributed by atoms with Crippen LogP contribution in [0.2, 0.25) is 0 Å². The lowest BCUT2D eigenvalue weighted by atomic mass is 10.4. The SMILES string of the molecule is CCc1cnc(CNCc2cnc(C)s2)s1. The molecule has 0 saturated carbocycles. The second-order valence-corrected chi connectivity index (χ2v) is 6.04. The molecule has 0 aliphatic carbocycles. The lowest BCUT2D eigenvalue weighted by Crippen LogP contribution is -2.11. The molecule has 0 fully saturated rings. The maximum absolute atomic E-state index is 4.37. The van der Waals surface area contributed by atoms with Gasteiger partial charge in [-0.25, -0.2) is 9.97 Å². The van der Waals surface area contributed by atoms with Gasteiger partial charge in [-0.15, -0.1) is 22.7 Å². The largest absolute Gasteiger partial charge is 0.305 e. The Hall–Kier alpha value is -0.780. The number of thiazole rings is 2. The summed E-state index contributed by atoms with van der Waals surface area (Å²) in [6.07, 6.45) is 4.98. The van der Waals surface area contributed by atoms with Gasteiger partial charge >= 0.3 is 0 Å². The van der Waals surface area contributed by atoms with Gasteiger partial charge in [-0.1, -0.05) is 6.92 Å². The van der Waals surface area contributed by atoms with Crippen LogP contribution in [0.3, 0.4) is 0 Å². The van der Waals surface area contributed by atoms with E-state index in [4.69, 9.17) is 0 Å². The molecule has 2 heterocycles. The topological polar surface area (TPSA) is 37.8 Å². The van der Waals surface area contributed by atoms with Gasteiger partial charge in [-0.2, -0.15) is 0 Å². The third-order valence-corrected chi connectivity index (χ3v) is 4.25. The van der Waals surface area contributed by atoms with Crippen LogP contribution in [0.4, 0.5) is 0 Å². The molecule has 2 rings (SSSR count). The summed E-state index contributed by atoms with van der Waals surface area (Å²) in [7, 11) is 0. The molecule has 0 bridgehead atoms. The second kappa shape index (κ2) is 5.52. The summed E-state index contributed by atoms with van der Waals surface area (Å²) in [6.45, 7) is 5.92. The molecule has 1 N–H and O–H groups in total. The molecule has 0 spiro atoms. The molecule has 0 radical (unpaired) electrons. The molecule has 0 amide bonds. The zero-order valence-corrected chi connectivity index (χ0v) is 11.1. The van der Waals surface area contributed by atoms with Crippen LogP contribution in [0.25, 0.3) is 0 Å². The zero-order chi connectivity index (χ0) is 11.4. The van der Waals surface area contributed by atoms with Gasteiger partial charge in [-0.05, 0) is 13.3 Å². The maximum atomic E-state index is 4.37. The maximum Gasteiger partial charge on any atom is 0.107 e. The van der Waals surface area contributed by atoms with Gasteiger partial charge < -0.3 is 5.32 Å². The monoisotopic (exact) mass is 253 g/mol. The van der Waals surface area contributed by atoms with Crippen LogP contribution in [-0.4, -0.2) is 9.97 Å². The highest BCUT2D eigenvalue weighted by Gasteiger charge is 2.01. The third kappa shape index (κ3) is 3.10. The van der Waals surface area contributed by atoms with E-state index in [0.717, 1.165) is 29.5 Å². The fourth-order valence-corrected chi connectivity index (χ4v) is 2.97. The van der Waals surface area contributed by atoms with Crippen molar-refractivity contribution in [1.82, 2.24) is 15.3 Å². The molecule has 5 heteroatoms. The first-order valence-corrected chi connectivity index (χ1v) is 6.97. The van der Waals surface area contributed by atoms with Crippen LogP contribution in [0.15, 0.2) is 12.4 Å². The summed E-state index contributed by atoms with van der Waals surface area (Å²) < 4.78 is 0. The number of hydrogen-bond acceptors (Lipinski definition) is 5. The molecule has 86 valence electrons. The molecule has 2 aromatic heterocycles. The van der Waals surface area contributed by atoms with Crippen LogP contribution in [0, 0.1) is 6.92 Å². The molecule has 0 saturated heterocycles. The molecule has 16 heavy (non-hydrogen) atoms. The first kappa shape index (κ1) is 11.7. The van der Waals surface area contributed by atoms with Gasteiger partial charge in [0.25, 0.3) is 0 Å². The summed E-state index contributed by atoms with van der Waals surface area (Å²) in [5, 5.41) is 5.68. The van der Waals surface area contributed by atoms with E-state index in [1.165, 1.54) is 9.75 Å². The first-order chi connectivity index (χ1) is 7.78. The minimum Gasteiger partial charge on any atom is -0.305 e. The Morgan fingerprint density at radius 2 is 1.94 bits per heavy atom. The van der Waals surface area contributed by atoms with E-state index < -0.39 is 0 Å². The molecule has 0 atom stereocenters. The molecule has 0 aromatic carbocycles. The molecule has 0 unspecified atom stereocenters. The van der Waals surface area contributed by atoms with E-state index in [1.807, 2.05) is 19.3 Å². The van der Waals surface area contributed by atoms with Crippen LogP contribution < -0.4 is 5.32 Å². The van der Waals surface area contributed by atoms with Crippen molar-refractivity contribution in [2.45, 2.75) is 33.4 Å². The highest BCUT2D eigenvalue weighted by molar-refractivity contribution is 7.11. The normalized spacial score (nSPS) is 10.9. The van der Waals surface area contributed by atoms with Gasteiger partial charge in [-0.3, -0.25) is 0 Å². The van der Waals surface area contributed by atoms with E-state index >= 15 is 0 Å². The number of aromatic nitrogens is 2. The van der Waals surface area contributed by atoms with Crippen molar-refractivity contribution in [1.29, 1.82) is 0 Å². The second-order valence-electron chi connectivity index (χ2n) is 3.52. The van der Waals surface area contributed by atoms with Gasteiger partial charge in [0.05, 0.1) is 5.01 Å². The number of rotatable bonds is 5. The average Bonchev–Trinajstić information content (AvgIpc) is 2.88. The predicted molar refractivity (Wildman–Crippen MR) is 68.9 cm³/mol. The quantitative estimate of drug-likeness (QED) is 0.890. The fourth-order valence-electron chi connectivity index (χ4n) is 1.37. The minimum absolute atomic E-state index is 0.849. The minimum atomic E-state index is 0.849. The number of aryl methyl sites for hydroxylation is 2. The van der Waals surface area contributed by atoms with Crippen molar-refractivity contribution in [3.8, 4) is 0 Å². The molecule has 3 nitrogen and oxygen atoms in total. The van der Waals surface area contributed by atoms with E-state index in [0.29, 0.717) is 0 Å². The van der Waals surface area contributed by atoms with E-state index in [9.17, 15) is 0 Å². The van der Waals surface area contributed by atoms with Crippen molar-refractivity contribution < 1.29 is 0 Å². The van der Waals surface area contributed by atoms with Crippen LogP contribution in [0.5, 0.6) is 0 Å². The summed E-state index contributed by atoms with van der Waals surface area (Å²) in [5.41, 5.74) is 0. The Bertz CT molecular complexity index is 448. The fraction of sp³-hybridized carbons (Fsp3) is 0.455. The third-order valence-electron chi connectivity index (χ3n) is 2.19. The predicted octanol–water partition coefficient (Wildman–Crippen LogP) is 2.76. The van der Waals surface area contributed by atoms with Gasteiger partial charge in [0.2, 0.25) is 0 Å². The Labute approximate surface area is 104 Å². The van der Waals surface area contributed by atoms with E-state index in [-0.39, 0.29) is 0 Å². The van der Waals surface area contributed by atoms with Crippen molar-refractivity contribution in [3.05, 3.63) is 32.2 Å². The van der Waals surface area contributed by atoms with E-state index in [1.54, 1.807) is 22.7 Å². The van der Waals surface area contributed by atoms with E-state index in [2.05, 4.69) is 22.2 Å². The molecule has 0 aliphatic heterocycles. The molecular formula is C11H15N3S2. The van der Waals surface area contributed by atoms with Crippen molar-refractivity contribution in [3.63, 3.8) is 0 Å². The lowest BCUT2D eigenvalue weighted by Gasteiger charge is -1.98. The Morgan fingerprint density at radius 1 is 1.12 bits per heavy atom. The van der Waals surface area contributed by atoms with Crippen molar-refractivity contribution in [2.75, 3.05) is 0 Å². The summed E-state index contributed by atoms with van der Waals surface area (Å²) in [5.74, 6) is 0.